The fourth-order valence-corrected chi connectivity index (χ4v) is 7.90. The Kier molecular flexibility index (Phi) is 5.41. The highest BCUT2D eigenvalue weighted by Crippen LogP contribution is 2.52. The smallest absolute Gasteiger partial charge is 0.0574 e. The molecule has 0 spiro atoms. The summed E-state index contributed by atoms with van der Waals surface area (Å²) in [5.41, 5.74) is 14.2. The highest BCUT2D eigenvalue weighted by molar-refractivity contribution is 6.19. The second-order valence-corrected chi connectivity index (χ2v) is 12.5. The van der Waals surface area contributed by atoms with Crippen LogP contribution in [0.15, 0.2) is 164 Å². The van der Waals surface area contributed by atoms with Crippen LogP contribution in [0.25, 0.3) is 87.9 Å². The molecule has 46 heavy (non-hydrogen) atoms. The van der Waals surface area contributed by atoms with E-state index in [1.807, 2.05) is 0 Å². The van der Waals surface area contributed by atoms with Crippen molar-refractivity contribution in [3.63, 3.8) is 0 Å². The SMILES string of the molecule is c1ccc(-c2cc(-c3ccc(Cn4c5ccccc5c5ccc6ccccc6c54)cc3)cc3c2-c2cccc4cccc-3c24)cc1. The zero-order valence-electron chi connectivity index (χ0n) is 25.2. The van der Waals surface area contributed by atoms with Crippen molar-refractivity contribution < 1.29 is 0 Å². The molecular weight excluding hydrogens is 555 g/mol. The summed E-state index contributed by atoms with van der Waals surface area (Å²) in [5, 5.41) is 7.86. The van der Waals surface area contributed by atoms with Crippen molar-refractivity contribution in [2.24, 2.45) is 0 Å². The second kappa shape index (κ2) is 9.79. The number of para-hydroxylation sites is 1. The van der Waals surface area contributed by atoms with Crippen molar-refractivity contribution in [1.82, 2.24) is 4.57 Å². The molecule has 0 radical (unpaired) electrons. The number of fused-ring (bicyclic) bond motifs is 8. The molecule has 0 saturated heterocycles. The summed E-state index contributed by atoms with van der Waals surface area (Å²) in [4.78, 5) is 0. The van der Waals surface area contributed by atoms with E-state index in [1.54, 1.807) is 0 Å². The van der Waals surface area contributed by atoms with Gasteiger partial charge >= 0.3 is 0 Å². The van der Waals surface area contributed by atoms with E-state index in [-0.39, 0.29) is 0 Å². The zero-order valence-corrected chi connectivity index (χ0v) is 25.2. The minimum absolute atomic E-state index is 0.815. The monoisotopic (exact) mass is 583 g/mol. The van der Waals surface area contributed by atoms with Gasteiger partial charge in [0, 0.05) is 28.2 Å². The first-order valence-electron chi connectivity index (χ1n) is 16.1. The van der Waals surface area contributed by atoms with Crippen molar-refractivity contribution >= 4 is 43.4 Å². The zero-order chi connectivity index (χ0) is 30.2. The van der Waals surface area contributed by atoms with Crippen molar-refractivity contribution in [3.05, 3.63) is 169 Å². The lowest BCUT2D eigenvalue weighted by molar-refractivity contribution is 0.872. The van der Waals surface area contributed by atoms with Gasteiger partial charge in [-0.1, -0.05) is 146 Å². The Hall–Kier alpha value is -5.92. The van der Waals surface area contributed by atoms with E-state index in [4.69, 9.17) is 0 Å². The minimum atomic E-state index is 0.815. The van der Waals surface area contributed by atoms with Gasteiger partial charge in [0.1, 0.15) is 0 Å². The quantitative estimate of drug-likeness (QED) is 0.194. The third-order valence-corrected chi connectivity index (χ3v) is 9.97. The van der Waals surface area contributed by atoms with E-state index in [0.29, 0.717) is 0 Å². The van der Waals surface area contributed by atoms with Crippen LogP contribution in [0.3, 0.4) is 0 Å². The Bertz CT molecular complexity index is 2630. The van der Waals surface area contributed by atoms with Crippen LogP contribution in [0, 0.1) is 0 Å². The molecule has 1 aliphatic rings. The summed E-state index contributed by atoms with van der Waals surface area (Å²) in [6, 6.07) is 60.4. The van der Waals surface area contributed by atoms with Gasteiger partial charge in [-0.2, -0.15) is 0 Å². The molecule has 9 aromatic rings. The largest absolute Gasteiger partial charge is 0.335 e. The summed E-state index contributed by atoms with van der Waals surface area (Å²) in [6.07, 6.45) is 0. The first-order valence-corrected chi connectivity index (χ1v) is 16.1. The van der Waals surface area contributed by atoms with Crippen LogP contribution in [-0.2, 0) is 6.54 Å². The Morgan fingerprint density at radius 2 is 1.09 bits per heavy atom. The molecule has 214 valence electrons. The molecule has 0 atom stereocenters. The van der Waals surface area contributed by atoms with Gasteiger partial charge < -0.3 is 4.57 Å². The maximum Gasteiger partial charge on any atom is 0.0574 e. The number of hydrogen-bond donors (Lipinski definition) is 0. The van der Waals surface area contributed by atoms with Crippen LogP contribution in [0.1, 0.15) is 5.56 Å². The van der Waals surface area contributed by atoms with Crippen LogP contribution in [0.2, 0.25) is 0 Å². The van der Waals surface area contributed by atoms with Gasteiger partial charge in [0.2, 0.25) is 0 Å². The molecule has 1 heteroatoms. The van der Waals surface area contributed by atoms with Gasteiger partial charge in [-0.05, 0) is 84.4 Å². The maximum atomic E-state index is 2.50. The van der Waals surface area contributed by atoms with Crippen LogP contribution in [-0.4, -0.2) is 4.57 Å². The number of nitrogens with zero attached hydrogens (tertiary/aromatic N) is 1. The van der Waals surface area contributed by atoms with Crippen molar-refractivity contribution in [2.75, 3.05) is 0 Å². The van der Waals surface area contributed by atoms with Crippen molar-refractivity contribution in [1.29, 1.82) is 0 Å². The molecule has 0 bridgehead atoms. The molecule has 1 nitrogen and oxygen atoms in total. The predicted molar refractivity (Wildman–Crippen MR) is 195 cm³/mol. The topological polar surface area (TPSA) is 4.93 Å². The van der Waals surface area contributed by atoms with Crippen LogP contribution < -0.4 is 0 Å². The summed E-state index contributed by atoms with van der Waals surface area (Å²) in [5.74, 6) is 0. The van der Waals surface area contributed by atoms with Gasteiger partial charge in [0.15, 0.2) is 0 Å². The molecule has 0 saturated carbocycles. The van der Waals surface area contributed by atoms with E-state index < -0.39 is 0 Å². The second-order valence-electron chi connectivity index (χ2n) is 12.5. The molecule has 8 aromatic carbocycles. The number of rotatable bonds is 4. The molecule has 0 aliphatic heterocycles. The number of hydrogen-bond acceptors (Lipinski definition) is 0. The van der Waals surface area contributed by atoms with Gasteiger partial charge in [-0.25, -0.2) is 0 Å². The molecule has 0 N–H and O–H groups in total. The molecule has 1 aromatic heterocycles. The molecule has 1 aliphatic carbocycles. The highest BCUT2D eigenvalue weighted by atomic mass is 15.0. The predicted octanol–water partition coefficient (Wildman–Crippen LogP) is 12.1. The molecule has 0 amide bonds. The van der Waals surface area contributed by atoms with Crippen LogP contribution >= 0.6 is 0 Å². The van der Waals surface area contributed by atoms with Gasteiger partial charge in [-0.3, -0.25) is 0 Å². The van der Waals surface area contributed by atoms with Crippen molar-refractivity contribution in [2.45, 2.75) is 6.54 Å². The Balaban J connectivity index is 1.11. The number of benzene rings is 8. The van der Waals surface area contributed by atoms with Crippen LogP contribution in [0.4, 0.5) is 0 Å². The fourth-order valence-electron chi connectivity index (χ4n) is 7.90. The molecule has 1 heterocycles. The van der Waals surface area contributed by atoms with Gasteiger partial charge in [0.05, 0.1) is 5.52 Å². The number of aromatic nitrogens is 1. The molecule has 10 rings (SSSR count). The van der Waals surface area contributed by atoms with E-state index >= 15 is 0 Å². The maximum absolute atomic E-state index is 2.50. The van der Waals surface area contributed by atoms with Gasteiger partial charge in [0.25, 0.3) is 0 Å². The molecule has 0 fully saturated rings. The van der Waals surface area contributed by atoms with Crippen LogP contribution in [0.5, 0.6) is 0 Å². The Labute approximate surface area is 267 Å². The lowest BCUT2D eigenvalue weighted by Gasteiger charge is -2.15. The molecular formula is C45H29N. The first kappa shape index (κ1) is 25.4. The van der Waals surface area contributed by atoms with E-state index in [1.165, 1.54) is 93.4 Å². The van der Waals surface area contributed by atoms with Crippen molar-refractivity contribution in [3.8, 4) is 44.5 Å². The van der Waals surface area contributed by atoms with E-state index in [9.17, 15) is 0 Å². The molecule has 0 unspecified atom stereocenters. The Morgan fingerprint density at radius 1 is 0.391 bits per heavy atom. The lowest BCUT2D eigenvalue weighted by Crippen LogP contribution is -2.00. The first-order chi connectivity index (χ1) is 22.8. The third-order valence-electron chi connectivity index (χ3n) is 9.97. The fraction of sp³-hybridized carbons (Fsp3) is 0.0222. The average molecular weight is 584 g/mol. The van der Waals surface area contributed by atoms with Gasteiger partial charge in [-0.15, -0.1) is 0 Å². The average Bonchev–Trinajstić information content (AvgIpc) is 3.63. The van der Waals surface area contributed by atoms with E-state index in [0.717, 1.165) is 6.54 Å². The summed E-state index contributed by atoms with van der Waals surface area (Å²) < 4.78 is 2.50. The summed E-state index contributed by atoms with van der Waals surface area (Å²) in [6.45, 7) is 0.815. The third kappa shape index (κ3) is 3.69. The summed E-state index contributed by atoms with van der Waals surface area (Å²) >= 11 is 0. The lowest BCUT2D eigenvalue weighted by atomic mass is 9.89. The normalized spacial score (nSPS) is 12.0. The van der Waals surface area contributed by atoms with E-state index in [2.05, 4.69) is 168 Å². The standard InChI is InChI=1S/C45H29N/c1-2-10-31(11-3-1)40-26-34(27-41-37-17-8-13-33-14-9-18-39(43(33)37)44(40)41)30-22-20-29(21-23-30)28-46-42-19-7-6-16-36(42)38-25-24-32-12-4-5-15-35(32)45(38)46/h1-27H,28H2. The minimum Gasteiger partial charge on any atom is -0.335 e. The summed E-state index contributed by atoms with van der Waals surface area (Å²) in [7, 11) is 0. The Morgan fingerprint density at radius 3 is 1.93 bits per heavy atom. The highest BCUT2D eigenvalue weighted by Gasteiger charge is 2.25.